The molecule has 0 unspecified atom stereocenters. The summed E-state index contributed by atoms with van der Waals surface area (Å²) in [5.41, 5.74) is 0.198. The van der Waals surface area contributed by atoms with Gasteiger partial charge in [-0.05, 0) is 24.0 Å². The summed E-state index contributed by atoms with van der Waals surface area (Å²) < 4.78 is 33.0. The Balaban J connectivity index is 1.74. The first-order valence-corrected chi connectivity index (χ1v) is 6.90. The van der Waals surface area contributed by atoms with Crippen LogP contribution in [0.25, 0.3) is 5.57 Å². The van der Waals surface area contributed by atoms with Crippen molar-refractivity contribution in [2.45, 2.75) is 12.8 Å². The van der Waals surface area contributed by atoms with Crippen molar-refractivity contribution in [3.63, 3.8) is 0 Å². The largest absolute Gasteiger partial charge is 0.487 e. The number of nitrogens with one attached hydrogen (secondary N) is 2. The fourth-order valence-electron chi connectivity index (χ4n) is 1.85. The van der Waals surface area contributed by atoms with Crippen LogP contribution in [-0.4, -0.2) is 27.2 Å². The van der Waals surface area contributed by atoms with E-state index in [1.807, 2.05) is 6.07 Å². The van der Waals surface area contributed by atoms with E-state index < -0.39 is 11.6 Å². The third-order valence-electron chi connectivity index (χ3n) is 3.25. The Bertz CT molecular complexity index is 741. The maximum Gasteiger partial charge on any atom is 0.216 e. The molecule has 2 N–H and O–H groups in total. The Morgan fingerprint density at radius 1 is 1.43 bits per heavy atom. The molecule has 1 saturated carbocycles. The molecule has 1 aromatic carbocycles. The zero-order valence-corrected chi connectivity index (χ0v) is 11.9. The van der Waals surface area contributed by atoms with E-state index in [-0.39, 0.29) is 22.8 Å². The van der Waals surface area contributed by atoms with Gasteiger partial charge in [-0.15, -0.1) is 10.2 Å². The molecular weight excluding hydrogens is 306 g/mol. The maximum absolute atomic E-state index is 13.9. The summed E-state index contributed by atoms with van der Waals surface area (Å²) in [5, 5.41) is 24.5. The highest BCUT2D eigenvalue weighted by molar-refractivity contribution is 5.74. The monoisotopic (exact) mass is 318 g/mol. The number of aromatic amines is 1. The summed E-state index contributed by atoms with van der Waals surface area (Å²) in [4.78, 5) is 0. The second-order valence-corrected chi connectivity index (χ2v) is 5.07. The second-order valence-electron chi connectivity index (χ2n) is 5.07. The fraction of sp³-hybridized carbons (Fsp3) is 0.286. The number of ether oxygens (including phenoxy) is 1. The number of halogens is 2. The third-order valence-corrected chi connectivity index (χ3v) is 3.25. The van der Waals surface area contributed by atoms with Crippen LogP contribution in [-0.2, 0) is 0 Å². The van der Waals surface area contributed by atoms with Gasteiger partial charge in [-0.25, -0.2) is 8.78 Å². The minimum atomic E-state index is -0.806. The molecule has 0 saturated heterocycles. The predicted molar refractivity (Wildman–Crippen MR) is 76.0 cm³/mol. The SMILES string of the molecule is N#CC(=CNc1cc(F)c(OCC2CC2)c(F)c1)c1nn[nH]n1. The van der Waals surface area contributed by atoms with Gasteiger partial charge in [0.2, 0.25) is 5.82 Å². The maximum atomic E-state index is 13.9. The van der Waals surface area contributed by atoms with Gasteiger partial charge in [-0.1, -0.05) is 0 Å². The van der Waals surface area contributed by atoms with Crippen LogP contribution in [0.1, 0.15) is 18.7 Å². The van der Waals surface area contributed by atoms with E-state index in [0.717, 1.165) is 25.0 Å². The molecule has 0 radical (unpaired) electrons. The lowest BCUT2D eigenvalue weighted by Gasteiger charge is -2.09. The van der Waals surface area contributed by atoms with Crippen molar-refractivity contribution >= 4 is 11.3 Å². The average molecular weight is 318 g/mol. The smallest absolute Gasteiger partial charge is 0.216 e. The zero-order valence-electron chi connectivity index (χ0n) is 11.9. The molecule has 2 aromatic rings. The quantitative estimate of drug-likeness (QED) is 0.792. The predicted octanol–water partition coefficient (Wildman–Crippen LogP) is 2.24. The first-order valence-electron chi connectivity index (χ1n) is 6.90. The van der Waals surface area contributed by atoms with Crippen LogP contribution in [0.3, 0.4) is 0 Å². The topological polar surface area (TPSA) is 99.5 Å². The molecule has 0 spiro atoms. The Morgan fingerprint density at radius 3 is 2.74 bits per heavy atom. The van der Waals surface area contributed by atoms with Gasteiger partial charge < -0.3 is 10.1 Å². The second kappa shape index (κ2) is 6.39. The van der Waals surface area contributed by atoms with Crippen LogP contribution >= 0.6 is 0 Å². The van der Waals surface area contributed by atoms with E-state index in [9.17, 15) is 8.78 Å². The van der Waals surface area contributed by atoms with Gasteiger partial charge in [0.1, 0.15) is 11.6 Å². The molecule has 23 heavy (non-hydrogen) atoms. The highest BCUT2D eigenvalue weighted by Crippen LogP contribution is 2.32. The van der Waals surface area contributed by atoms with Gasteiger partial charge in [0.15, 0.2) is 17.4 Å². The molecule has 1 heterocycles. The van der Waals surface area contributed by atoms with Crippen molar-refractivity contribution in [3.05, 3.63) is 35.8 Å². The first-order chi connectivity index (χ1) is 11.2. The zero-order chi connectivity index (χ0) is 16.2. The van der Waals surface area contributed by atoms with Crippen molar-refractivity contribution in [2.24, 2.45) is 5.92 Å². The number of hydrogen-bond donors (Lipinski definition) is 2. The minimum Gasteiger partial charge on any atom is -0.487 e. The molecule has 0 aliphatic heterocycles. The summed E-state index contributed by atoms with van der Waals surface area (Å²) in [7, 11) is 0. The molecule has 3 rings (SSSR count). The van der Waals surface area contributed by atoms with Gasteiger partial charge in [0.25, 0.3) is 0 Å². The Labute approximate surface area is 130 Å². The van der Waals surface area contributed by atoms with E-state index >= 15 is 0 Å². The van der Waals surface area contributed by atoms with Crippen molar-refractivity contribution < 1.29 is 13.5 Å². The van der Waals surface area contributed by atoms with Gasteiger partial charge in [-0.2, -0.15) is 10.5 Å². The number of benzene rings is 1. The normalized spacial score (nSPS) is 14.4. The Hall–Kier alpha value is -3.02. The number of nitrogens with zero attached hydrogens (tertiary/aromatic N) is 4. The summed E-state index contributed by atoms with van der Waals surface area (Å²) in [5.74, 6) is -1.53. The summed E-state index contributed by atoms with van der Waals surface area (Å²) in [6.45, 7) is 0.316. The number of allylic oxidation sites excluding steroid dienone is 1. The number of H-pyrrole nitrogens is 1. The number of anilines is 1. The third kappa shape index (κ3) is 3.60. The van der Waals surface area contributed by atoms with Crippen LogP contribution < -0.4 is 10.1 Å². The molecule has 0 atom stereocenters. The minimum absolute atomic E-state index is 0.0635. The lowest BCUT2D eigenvalue weighted by molar-refractivity contribution is 0.270. The van der Waals surface area contributed by atoms with Crippen molar-refractivity contribution in [3.8, 4) is 11.8 Å². The molecule has 9 heteroatoms. The summed E-state index contributed by atoms with van der Waals surface area (Å²) in [6.07, 6.45) is 3.30. The van der Waals surface area contributed by atoms with Crippen LogP contribution in [0, 0.1) is 28.9 Å². The van der Waals surface area contributed by atoms with E-state index in [2.05, 4.69) is 25.9 Å². The molecule has 1 aliphatic rings. The van der Waals surface area contributed by atoms with Crippen LogP contribution in [0.5, 0.6) is 5.75 Å². The summed E-state index contributed by atoms with van der Waals surface area (Å²) in [6, 6.07) is 4.04. The molecule has 0 amide bonds. The molecule has 7 nitrogen and oxygen atoms in total. The first kappa shape index (κ1) is 14.9. The van der Waals surface area contributed by atoms with E-state index in [1.165, 1.54) is 6.20 Å². The van der Waals surface area contributed by atoms with E-state index in [4.69, 9.17) is 10.00 Å². The van der Waals surface area contributed by atoms with Crippen LogP contribution in [0.2, 0.25) is 0 Å². The van der Waals surface area contributed by atoms with Gasteiger partial charge >= 0.3 is 0 Å². The standard InChI is InChI=1S/C14H12F2N6O/c15-11-3-10(4-12(16)13(11)23-7-8-1-2-8)18-6-9(5-17)14-19-21-22-20-14/h3-4,6,8,18H,1-2,7H2,(H,19,20,21,22). The van der Waals surface area contributed by atoms with Crippen molar-refractivity contribution in [1.29, 1.82) is 5.26 Å². The highest BCUT2D eigenvalue weighted by atomic mass is 19.1. The molecule has 1 aromatic heterocycles. The van der Waals surface area contributed by atoms with E-state index in [0.29, 0.717) is 12.5 Å². The number of hydrogen-bond acceptors (Lipinski definition) is 6. The highest BCUT2D eigenvalue weighted by Gasteiger charge is 2.23. The Morgan fingerprint density at radius 2 is 2.17 bits per heavy atom. The van der Waals surface area contributed by atoms with Crippen molar-refractivity contribution in [1.82, 2.24) is 20.6 Å². The molecular formula is C14H12F2N6O. The number of rotatable bonds is 6. The Kier molecular flexibility index (Phi) is 4.14. The van der Waals surface area contributed by atoms with Crippen molar-refractivity contribution in [2.75, 3.05) is 11.9 Å². The van der Waals surface area contributed by atoms with E-state index in [1.54, 1.807) is 0 Å². The number of tetrazole rings is 1. The number of nitriles is 1. The number of aromatic nitrogens is 4. The average Bonchev–Trinajstić information content (AvgIpc) is 3.19. The van der Waals surface area contributed by atoms with Crippen LogP contribution in [0.15, 0.2) is 18.3 Å². The van der Waals surface area contributed by atoms with Crippen LogP contribution in [0.4, 0.5) is 14.5 Å². The fourth-order valence-corrected chi connectivity index (χ4v) is 1.85. The molecule has 0 bridgehead atoms. The molecule has 1 fully saturated rings. The molecule has 1 aliphatic carbocycles. The van der Waals surface area contributed by atoms with Gasteiger partial charge in [-0.3, -0.25) is 0 Å². The summed E-state index contributed by atoms with van der Waals surface area (Å²) >= 11 is 0. The lowest BCUT2D eigenvalue weighted by Crippen LogP contribution is -2.04. The lowest BCUT2D eigenvalue weighted by atomic mass is 10.2. The van der Waals surface area contributed by atoms with Gasteiger partial charge in [0, 0.05) is 24.0 Å². The molecule has 118 valence electrons. The van der Waals surface area contributed by atoms with Gasteiger partial charge in [0.05, 0.1) is 6.61 Å².